The van der Waals surface area contributed by atoms with Crippen molar-refractivity contribution in [3.8, 4) is 0 Å². The zero-order chi connectivity index (χ0) is 13.0. The average molecular weight is 245 g/mol. The van der Waals surface area contributed by atoms with Crippen LogP contribution in [-0.4, -0.2) is 28.4 Å². The van der Waals surface area contributed by atoms with Crippen LogP contribution in [0.15, 0.2) is 30.6 Å². The molecule has 0 atom stereocenters. The van der Waals surface area contributed by atoms with E-state index in [1.807, 2.05) is 49.4 Å². The minimum absolute atomic E-state index is 0.802. The summed E-state index contributed by atoms with van der Waals surface area (Å²) in [7, 11) is 3.96. The third-order valence-corrected chi connectivity index (χ3v) is 2.66. The number of hydrogen-bond acceptors (Lipinski definition) is 4. The summed E-state index contributed by atoms with van der Waals surface area (Å²) in [5.74, 6) is 1.87. The Hall–Kier alpha value is -2.04. The van der Waals surface area contributed by atoms with Crippen LogP contribution in [0.4, 0.5) is 11.6 Å². The summed E-state index contributed by atoms with van der Waals surface area (Å²) in [6.45, 7) is 3.74. The van der Waals surface area contributed by atoms with Crippen molar-refractivity contribution in [1.82, 2.24) is 14.8 Å². The molecule has 0 spiro atoms. The Bertz CT molecular complexity index is 506. The number of hydrogen-bond donors (Lipinski definition) is 1. The van der Waals surface area contributed by atoms with Crippen molar-refractivity contribution >= 4 is 11.6 Å². The maximum Gasteiger partial charge on any atom is 0.130 e. The van der Waals surface area contributed by atoms with Crippen LogP contribution in [-0.2, 0) is 13.6 Å². The van der Waals surface area contributed by atoms with Gasteiger partial charge in [-0.2, -0.15) is 5.10 Å². The molecule has 0 amide bonds. The van der Waals surface area contributed by atoms with Crippen LogP contribution in [0.1, 0.15) is 12.5 Å². The molecule has 0 bridgehead atoms. The molecule has 96 valence electrons. The van der Waals surface area contributed by atoms with Gasteiger partial charge < -0.3 is 10.2 Å². The van der Waals surface area contributed by atoms with E-state index in [0.717, 1.165) is 24.7 Å². The van der Waals surface area contributed by atoms with Crippen LogP contribution < -0.4 is 10.2 Å². The molecule has 0 radical (unpaired) electrons. The molecule has 2 aromatic rings. The molecule has 0 saturated heterocycles. The van der Waals surface area contributed by atoms with Gasteiger partial charge in [0.2, 0.25) is 0 Å². The molecule has 0 aromatic carbocycles. The summed E-state index contributed by atoms with van der Waals surface area (Å²) in [5, 5.41) is 7.38. The maximum absolute atomic E-state index is 4.55. The van der Waals surface area contributed by atoms with Gasteiger partial charge >= 0.3 is 0 Å². The summed E-state index contributed by atoms with van der Waals surface area (Å²) >= 11 is 0. The lowest BCUT2D eigenvalue weighted by atomic mass is 10.3. The van der Waals surface area contributed by atoms with Crippen molar-refractivity contribution in [2.45, 2.75) is 13.5 Å². The first-order valence-electron chi connectivity index (χ1n) is 6.08. The van der Waals surface area contributed by atoms with Crippen LogP contribution in [0.3, 0.4) is 0 Å². The van der Waals surface area contributed by atoms with Gasteiger partial charge in [0.25, 0.3) is 0 Å². The highest BCUT2D eigenvalue weighted by molar-refractivity contribution is 5.46. The number of pyridine rings is 1. The molecule has 2 heterocycles. The van der Waals surface area contributed by atoms with Gasteiger partial charge in [-0.3, -0.25) is 4.68 Å². The highest BCUT2D eigenvalue weighted by Crippen LogP contribution is 2.15. The Morgan fingerprint density at radius 1 is 1.39 bits per heavy atom. The van der Waals surface area contributed by atoms with Crippen LogP contribution in [0, 0.1) is 0 Å². The molecule has 0 saturated carbocycles. The summed E-state index contributed by atoms with van der Waals surface area (Å²) in [6.07, 6.45) is 3.90. The Morgan fingerprint density at radius 3 is 2.89 bits per heavy atom. The fraction of sp³-hybridized carbons (Fsp3) is 0.385. The highest BCUT2D eigenvalue weighted by atomic mass is 15.2. The molecule has 18 heavy (non-hydrogen) atoms. The van der Waals surface area contributed by atoms with Gasteiger partial charge in [-0.15, -0.1) is 0 Å². The number of nitrogens with zero attached hydrogens (tertiary/aromatic N) is 4. The molecule has 5 nitrogen and oxygen atoms in total. The minimum Gasteiger partial charge on any atom is -0.370 e. The van der Waals surface area contributed by atoms with Crippen molar-refractivity contribution in [3.63, 3.8) is 0 Å². The van der Waals surface area contributed by atoms with Gasteiger partial charge in [0.1, 0.15) is 11.6 Å². The molecule has 0 fully saturated rings. The van der Waals surface area contributed by atoms with E-state index in [9.17, 15) is 0 Å². The molecule has 2 aromatic heterocycles. The lowest BCUT2D eigenvalue weighted by Crippen LogP contribution is -2.17. The van der Waals surface area contributed by atoms with Crippen molar-refractivity contribution in [1.29, 1.82) is 0 Å². The molecule has 0 aliphatic rings. The molecular weight excluding hydrogens is 226 g/mol. The lowest BCUT2D eigenvalue weighted by molar-refractivity contribution is 0.766. The third kappa shape index (κ3) is 3.00. The van der Waals surface area contributed by atoms with Crippen LogP contribution in [0.5, 0.6) is 0 Å². The fourth-order valence-corrected chi connectivity index (χ4v) is 1.82. The predicted octanol–water partition coefficient (Wildman–Crippen LogP) is 1.88. The zero-order valence-electron chi connectivity index (χ0n) is 11.1. The quantitative estimate of drug-likeness (QED) is 0.873. The van der Waals surface area contributed by atoms with Gasteiger partial charge in [-0.05, 0) is 19.1 Å². The first-order chi connectivity index (χ1) is 8.69. The first-order valence-corrected chi connectivity index (χ1v) is 6.08. The molecular formula is C13H19N5. The highest BCUT2D eigenvalue weighted by Gasteiger charge is 2.05. The second-order valence-electron chi connectivity index (χ2n) is 4.29. The molecule has 0 unspecified atom stereocenters. The second kappa shape index (κ2) is 5.53. The maximum atomic E-state index is 4.55. The van der Waals surface area contributed by atoms with E-state index in [0.29, 0.717) is 0 Å². The lowest BCUT2D eigenvalue weighted by Gasteiger charge is -2.18. The Kier molecular flexibility index (Phi) is 3.82. The molecule has 0 aliphatic carbocycles. The van der Waals surface area contributed by atoms with Crippen molar-refractivity contribution in [2.24, 2.45) is 7.05 Å². The normalized spacial score (nSPS) is 10.4. The van der Waals surface area contributed by atoms with Crippen LogP contribution in [0.2, 0.25) is 0 Å². The van der Waals surface area contributed by atoms with E-state index < -0.39 is 0 Å². The van der Waals surface area contributed by atoms with E-state index in [1.165, 1.54) is 5.56 Å². The largest absolute Gasteiger partial charge is 0.370 e. The fourth-order valence-electron chi connectivity index (χ4n) is 1.82. The van der Waals surface area contributed by atoms with E-state index in [-0.39, 0.29) is 0 Å². The van der Waals surface area contributed by atoms with Crippen LogP contribution in [0.25, 0.3) is 0 Å². The second-order valence-corrected chi connectivity index (χ2v) is 4.29. The van der Waals surface area contributed by atoms with Gasteiger partial charge in [0, 0.05) is 38.9 Å². The Labute approximate surface area is 107 Å². The van der Waals surface area contributed by atoms with Gasteiger partial charge in [-0.25, -0.2) is 4.98 Å². The third-order valence-electron chi connectivity index (χ3n) is 2.66. The molecule has 5 heteroatoms. The van der Waals surface area contributed by atoms with E-state index in [4.69, 9.17) is 0 Å². The summed E-state index contributed by atoms with van der Waals surface area (Å²) in [5.41, 5.74) is 1.18. The van der Waals surface area contributed by atoms with Gasteiger partial charge in [0.15, 0.2) is 0 Å². The molecule has 0 aliphatic heterocycles. The molecule has 2 rings (SSSR count). The number of aromatic nitrogens is 3. The van der Waals surface area contributed by atoms with E-state index >= 15 is 0 Å². The number of rotatable bonds is 5. The number of anilines is 2. The average Bonchev–Trinajstić information content (AvgIpc) is 2.75. The zero-order valence-corrected chi connectivity index (χ0v) is 11.1. The minimum atomic E-state index is 0.802. The van der Waals surface area contributed by atoms with Crippen molar-refractivity contribution in [3.05, 3.63) is 36.2 Å². The monoisotopic (exact) mass is 245 g/mol. The van der Waals surface area contributed by atoms with Crippen LogP contribution >= 0.6 is 0 Å². The van der Waals surface area contributed by atoms with E-state index in [2.05, 4.69) is 27.2 Å². The van der Waals surface area contributed by atoms with E-state index in [1.54, 1.807) is 0 Å². The SMILES string of the molecule is CCNc1cccc(N(C)Cc2cnn(C)c2)n1. The standard InChI is InChI=1S/C13H19N5/c1-4-14-12-6-5-7-13(16-12)17(2)9-11-8-15-18(3)10-11/h5-8,10H,4,9H2,1-3H3,(H,14,16). The smallest absolute Gasteiger partial charge is 0.130 e. The number of nitrogens with one attached hydrogen (secondary N) is 1. The summed E-state index contributed by atoms with van der Waals surface area (Å²) < 4.78 is 1.81. The van der Waals surface area contributed by atoms with Gasteiger partial charge in [-0.1, -0.05) is 6.07 Å². The molecule has 1 N–H and O–H groups in total. The first kappa shape index (κ1) is 12.4. The van der Waals surface area contributed by atoms with Gasteiger partial charge in [0.05, 0.1) is 6.20 Å². The Balaban J connectivity index is 2.08. The number of aryl methyl sites for hydroxylation is 1. The van der Waals surface area contributed by atoms with Crippen molar-refractivity contribution < 1.29 is 0 Å². The summed E-state index contributed by atoms with van der Waals surface area (Å²) in [6, 6.07) is 6.00. The summed E-state index contributed by atoms with van der Waals surface area (Å²) in [4.78, 5) is 6.66. The van der Waals surface area contributed by atoms with Crippen molar-refractivity contribution in [2.75, 3.05) is 23.8 Å². The Morgan fingerprint density at radius 2 is 2.22 bits per heavy atom. The predicted molar refractivity (Wildman–Crippen MR) is 73.7 cm³/mol. The topological polar surface area (TPSA) is 46.0 Å².